The van der Waals surface area contributed by atoms with Crippen LogP contribution in [0.3, 0.4) is 0 Å². The number of fused-ring (bicyclic) bond motifs is 3. The van der Waals surface area contributed by atoms with E-state index in [4.69, 9.17) is 37.4 Å². The quantitative estimate of drug-likeness (QED) is 0.336. The van der Waals surface area contributed by atoms with Crippen molar-refractivity contribution in [3.8, 4) is 16.9 Å². The Bertz CT molecular complexity index is 1660. The molecule has 1 amide bonds. The Balaban J connectivity index is 1.18. The molecule has 3 aromatic rings. The van der Waals surface area contributed by atoms with E-state index in [2.05, 4.69) is 9.80 Å². The molecule has 0 aromatic heterocycles. The normalized spacial score (nSPS) is 21.2. The van der Waals surface area contributed by atoms with Gasteiger partial charge in [0, 0.05) is 35.5 Å². The zero-order chi connectivity index (χ0) is 32.1. The summed E-state index contributed by atoms with van der Waals surface area (Å²) in [6.07, 6.45) is 2.83. The van der Waals surface area contributed by atoms with Crippen molar-refractivity contribution >= 4 is 46.5 Å². The predicted octanol–water partition coefficient (Wildman–Crippen LogP) is 5.91. The SMILES string of the molecule is COC(=O)c1cc(F)c(-c2cccc3c2OCN(C(=O)c2c(Cl)cc(N4CCC(O)CC4)cc2Cl)C3)cc1N1C2CCC1COC2. The second-order valence-electron chi connectivity index (χ2n) is 12.2. The number of carbonyl (C=O) groups is 2. The Labute approximate surface area is 276 Å². The van der Waals surface area contributed by atoms with Gasteiger partial charge in [0.2, 0.25) is 0 Å². The topological polar surface area (TPSA) is 91.8 Å². The van der Waals surface area contributed by atoms with Gasteiger partial charge in [0.1, 0.15) is 11.6 Å². The zero-order valence-electron chi connectivity index (χ0n) is 25.3. The van der Waals surface area contributed by atoms with E-state index in [1.54, 1.807) is 30.3 Å². The molecule has 4 aliphatic heterocycles. The monoisotopic (exact) mass is 669 g/mol. The van der Waals surface area contributed by atoms with Crippen LogP contribution in [-0.4, -0.2) is 80.2 Å². The Morgan fingerprint density at radius 1 is 0.978 bits per heavy atom. The summed E-state index contributed by atoms with van der Waals surface area (Å²) in [5.74, 6) is -1.11. The van der Waals surface area contributed by atoms with Crippen LogP contribution in [-0.2, 0) is 16.0 Å². The van der Waals surface area contributed by atoms with Crippen LogP contribution in [0.5, 0.6) is 5.75 Å². The van der Waals surface area contributed by atoms with Gasteiger partial charge in [-0.25, -0.2) is 9.18 Å². The first-order valence-electron chi connectivity index (χ1n) is 15.5. The summed E-state index contributed by atoms with van der Waals surface area (Å²) < 4.78 is 32.8. The molecule has 12 heteroatoms. The number of nitrogens with zero attached hydrogens (tertiary/aromatic N) is 3. The fourth-order valence-corrected chi connectivity index (χ4v) is 7.76. The third-order valence-corrected chi connectivity index (χ3v) is 10.1. The highest BCUT2D eigenvalue weighted by Crippen LogP contribution is 2.43. The lowest BCUT2D eigenvalue weighted by molar-refractivity contribution is 0.0515. The predicted molar refractivity (Wildman–Crippen MR) is 173 cm³/mol. The van der Waals surface area contributed by atoms with E-state index in [-0.39, 0.29) is 64.1 Å². The van der Waals surface area contributed by atoms with Gasteiger partial charge >= 0.3 is 5.97 Å². The first kappa shape index (κ1) is 31.1. The minimum atomic E-state index is -0.605. The number of benzene rings is 3. The maximum absolute atomic E-state index is 15.8. The Kier molecular flexibility index (Phi) is 8.48. The van der Waals surface area contributed by atoms with Gasteiger partial charge in [-0.3, -0.25) is 4.79 Å². The number of para-hydroxylation sites is 1. The van der Waals surface area contributed by atoms with Gasteiger partial charge in [-0.15, -0.1) is 0 Å². The number of halogens is 3. The lowest BCUT2D eigenvalue weighted by Gasteiger charge is -2.38. The molecule has 242 valence electrons. The van der Waals surface area contributed by atoms with Crippen molar-refractivity contribution in [3.63, 3.8) is 0 Å². The maximum atomic E-state index is 15.8. The summed E-state index contributed by atoms with van der Waals surface area (Å²) in [5.41, 5.74) is 3.26. The number of amides is 1. The van der Waals surface area contributed by atoms with Crippen molar-refractivity contribution in [2.45, 2.75) is 50.4 Å². The highest BCUT2D eigenvalue weighted by atomic mass is 35.5. The summed E-state index contributed by atoms with van der Waals surface area (Å²) in [7, 11) is 1.29. The molecule has 1 N–H and O–H groups in total. The van der Waals surface area contributed by atoms with Gasteiger partial charge in [-0.2, -0.15) is 0 Å². The molecule has 2 unspecified atom stereocenters. The molecule has 3 aromatic carbocycles. The fraction of sp³-hybridized carbons (Fsp3) is 0.412. The van der Waals surface area contributed by atoms with Gasteiger partial charge in [0.05, 0.1) is 71.9 Å². The molecule has 46 heavy (non-hydrogen) atoms. The van der Waals surface area contributed by atoms with Gasteiger partial charge in [0.25, 0.3) is 5.91 Å². The summed E-state index contributed by atoms with van der Waals surface area (Å²) in [5, 5.41) is 10.3. The number of methoxy groups -OCH3 is 1. The lowest BCUT2D eigenvalue weighted by Crippen LogP contribution is -2.46. The van der Waals surface area contributed by atoms with Crippen LogP contribution >= 0.6 is 23.2 Å². The molecule has 9 nitrogen and oxygen atoms in total. The Morgan fingerprint density at radius 3 is 2.35 bits per heavy atom. The maximum Gasteiger partial charge on any atom is 0.340 e. The molecule has 7 rings (SSSR count). The minimum Gasteiger partial charge on any atom is -0.472 e. The van der Waals surface area contributed by atoms with E-state index in [1.165, 1.54) is 18.1 Å². The van der Waals surface area contributed by atoms with Gasteiger partial charge in [-0.05, 0) is 49.9 Å². The second-order valence-corrected chi connectivity index (χ2v) is 13.1. The molecule has 0 radical (unpaired) electrons. The molecule has 0 saturated carbocycles. The third-order valence-electron chi connectivity index (χ3n) is 9.48. The summed E-state index contributed by atoms with van der Waals surface area (Å²) in [4.78, 5) is 32.3. The minimum absolute atomic E-state index is 0.0847. The van der Waals surface area contributed by atoms with Crippen molar-refractivity contribution in [1.29, 1.82) is 0 Å². The first-order chi connectivity index (χ1) is 22.2. The van der Waals surface area contributed by atoms with E-state index in [9.17, 15) is 14.7 Å². The molecule has 2 atom stereocenters. The summed E-state index contributed by atoms with van der Waals surface area (Å²) >= 11 is 13.3. The number of carbonyl (C=O) groups excluding carboxylic acids is 2. The second kappa shape index (κ2) is 12.6. The van der Waals surface area contributed by atoms with E-state index in [0.717, 1.165) is 18.5 Å². The number of anilines is 2. The molecule has 3 fully saturated rings. The summed E-state index contributed by atoms with van der Waals surface area (Å²) in [6, 6.07) is 12.0. The number of piperidine rings is 1. The van der Waals surface area contributed by atoms with Gasteiger partial charge in [0.15, 0.2) is 6.73 Å². The Hall–Kier alpha value is -3.57. The van der Waals surface area contributed by atoms with Crippen LogP contribution < -0.4 is 14.5 Å². The highest BCUT2D eigenvalue weighted by molar-refractivity contribution is 6.40. The Morgan fingerprint density at radius 2 is 1.67 bits per heavy atom. The number of aliphatic hydroxyl groups is 1. The standard InChI is InChI=1S/C34H34Cl2FN3O6/c1-44-34(43)26-13-29(37)25(14-30(26)40-20-5-6-21(40)17-45-16-20)24-4-2-3-19-15-39(18-46-32(19)24)33(42)31-27(35)11-22(12-28(31)36)38-9-7-23(41)8-10-38/h2-4,11-14,20-21,23,41H,5-10,15-18H2,1H3. The van der Waals surface area contributed by atoms with Crippen molar-refractivity contribution in [3.05, 3.63) is 75.0 Å². The number of ether oxygens (including phenoxy) is 3. The number of rotatable bonds is 5. The zero-order valence-corrected chi connectivity index (χ0v) is 26.8. The van der Waals surface area contributed by atoms with Crippen molar-refractivity contribution in [2.75, 3.05) is 49.9 Å². The third kappa shape index (κ3) is 5.55. The smallest absolute Gasteiger partial charge is 0.340 e. The van der Waals surface area contributed by atoms with E-state index < -0.39 is 11.8 Å². The van der Waals surface area contributed by atoms with Gasteiger partial charge in [-0.1, -0.05) is 41.4 Å². The average Bonchev–Trinajstić information content (AvgIpc) is 3.30. The molecule has 0 aliphatic carbocycles. The van der Waals surface area contributed by atoms with Crippen LogP contribution in [0, 0.1) is 5.82 Å². The summed E-state index contributed by atoms with van der Waals surface area (Å²) in [6.45, 7) is 2.52. The van der Waals surface area contributed by atoms with Crippen LogP contribution in [0.15, 0.2) is 42.5 Å². The molecule has 2 bridgehead atoms. The van der Waals surface area contributed by atoms with E-state index in [0.29, 0.717) is 61.7 Å². The number of esters is 1. The molecular formula is C34H34Cl2FN3O6. The number of hydrogen-bond acceptors (Lipinski definition) is 8. The fourth-order valence-electron chi connectivity index (χ4n) is 7.12. The molecular weight excluding hydrogens is 636 g/mol. The largest absolute Gasteiger partial charge is 0.472 e. The average molecular weight is 671 g/mol. The molecule has 0 spiro atoms. The lowest BCUT2D eigenvalue weighted by atomic mass is 9.96. The van der Waals surface area contributed by atoms with Crippen LogP contribution in [0.25, 0.3) is 11.1 Å². The van der Waals surface area contributed by atoms with E-state index in [1.807, 2.05) is 6.07 Å². The van der Waals surface area contributed by atoms with Crippen molar-refractivity contribution in [1.82, 2.24) is 4.90 Å². The van der Waals surface area contributed by atoms with Gasteiger partial charge < -0.3 is 34.0 Å². The van der Waals surface area contributed by atoms with E-state index >= 15 is 4.39 Å². The number of morpholine rings is 1. The van der Waals surface area contributed by atoms with Crippen LogP contribution in [0.2, 0.25) is 10.0 Å². The number of hydrogen-bond donors (Lipinski definition) is 1. The first-order valence-corrected chi connectivity index (χ1v) is 16.2. The number of aliphatic hydroxyl groups excluding tert-OH is 1. The highest BCUT2D eigenvalue weighted by Gasteiger charge is 2.40. The van der Waals surface area contributed by atoms with Crippen molar-refractivity contribution < 1.29 is 33.3 Å². The van der Waals surface area contributed by atoms with Crippen molar-refractivity contribution in [2.24, 2.45) is 0 Å². The molecule has 4 aliphatic rings. The molecule has 4 heterocycles. The van der Waals surface area contributed by atoms with Crippen LogP contribution in [0.1, 0.15) is 52.0 Å². The molecule has 3 saturated heterocycles. The van der Waals surface area contributed by atoms with Crippen LogP contribution in [0.4, 0.5) is 15.8 Å².